The fourth-order valence-corrected chi connectivity index (χ4v) is 1.68. The molecule has 1 aromatic carbocycles. The van der Waals surface area contributed by atoms with Gasteiger partial charge in [-0.15, -0.1) is 13.2 Å². The standard InChI is InChI=1S/C12H11F3N2O3/c1-17(19-2)11(18)10-6-7-5-8(20-12(13,14)15)3-4-9(7)16-10/h3-6,16H,1-2H3. The molecule has 0 aliphatic carbocycles. The summed E-state index contributed by atoms with van der Waals surface area (Å²) in [4.78, 5) is 19.4. The number of halogens is 3. The summed E-state index contributed by atoms with van der Waals surface area (Å²) < 4.78 is 40.2. The highest BCUT2D eigenvalue weighted by atomic mass is 19.4. The molecular weight excluding hydrogens is 277 g/mol. The molecule has 1 amide bonds. The van der Waals surface area contributed by atoms with Crippen LogP contribution in [-0.4, -0.2) is 36.5 Å². The Kier molecular flexibility index (Phi) is 3.58. The Labute approximate surface area is 111 Å². The van der Waals surface area contributed by atoms with Crippen LogP contribution in [0.15, 0.2) is 24.3 Å². The second-order valence-corrected chi connectivity index (χ2v) is 3.97. The fourth-order valence-electron chi connectivity index (χ4n) is 1.68. The number of aromatic amines is 1. The minimum atomic E-state index is -4.75. The highest BCUT2D eigenvalue weighted by molar-refractivity contribution is 5.97. The minimum Gasteiger partial charge on any atom is -0.406 e. The molecule has 0 aliphatic heterocycles. The van der Waals surface area contributed by atoms with Crippen LogP contribution in [-0.2, 0) is 4.84 Å². The molecule has 0 atom stereocenters. The number of rotatable bonds is 3. The molecule has 0 bridgehead atoms. The third-order valence-corrected chi connectivity index (χ3v) is 2.62. The molecular formula is C12H11F3N2O3. The van der Waals surface area contributed by atoms with Gasteiger partial charge in [0.25, 0.3) is 5.91 Å². The lowest BCUT2D eigenvalue weighted by Gasteiger charge is -2.11. The summed E-state index contributed by atoms with van der Waals surface area (Å²) in [5.41, 5.74) is 0.723. The Morgan fingerprint density at radius 2 is 2.00 bits per heavy atom. The smallest absolute Gasteiger partial charge is 0.406 e. The number of hydrogen-bond acceptors (Lipinski definition) is 3. The Balaban J connectivity index is 2.33. The van der Waals surface area contributed by atoms with E-state index in [1.165, 1.54) is 38.4 Å². The Morgan fingerprint density at radius 3 is 2.60 bits per heavy atom. The first-order valence-electron chi connectivity index (χ1n) is 5.51. The second kappa shape index (κ2) is 5.04. The lowest BCUT2D eigenvalue weighted by Crippen LogP contribution is -2.25. The average molecular weight is 288 g/mol. The van der Waals surface area contributed by atoms with Crippen LogP contribution in [0.3, 0.4) is 0 Å². The van der Waals surface area contributed by atoms with Crippen LogP contribution in [0.5, 0.6) is 5.75 Å². The number of aromatic nitrogens is 1. The lowest BCUT2D eigenvalue weighted by molar-refractivity contribution is -0.274. The van der Waals surface area contributed by atoms with Gasteiger partial charge in [-0.3, -0.25) is 9.63 Å². The van der Waals surface area contributed by atoms with Gasteiger partial charge in [0.15, 0.2) is 0 Å². The Morgan fingerprint density at radius 1 is 1.30 bits per heavy atom. The maximum atomic E-state index is 12.1. The van der Waals surface area contributed by atoms with Gasteiger partial charge in [0.1, 0.15) is 11.4 Å². The molecule has 0 fully saturated rings. The quantitative estimate of drug-likeness (QED) is 0.883. The van der Waals surface area contributed by atoms with Crippen molar-refractivity contribution in [1.82, 2.24) is 10.0 Å². The van der Waals surface area contributed by atoms with Crippen LogP contribution in [0.2, 0.25) is 0 Å². The second-order valence-electron chi connectivity index (χ2n) is 3.97. The number of nitrogens with one attached hydrogen (secondary N) is 1. The van der Waals surface area contributed by atoms with Crippen LogP contribution < -0.4 is 4.74 Å². The number of carbonyl (C=O) groups is 1. The summed E-state index contributed by atoms with van der Waals surface area (Å²) in [6.07, 6.45) is -4.75. The number of ether oxygens (including phenoxy) is 1. The maximum Gasteiger partial charge on any atom is 0.573 e. The van der Waals surface area contributed by atoms with Crippen molar-refractivity contribution in [1.29, 1.82) is 0 Å². The number of hydroxylamine groups is 2. The van der Waals surface area contributed by atoms with Gasteiger partial charge in [-0.25, -0.2) is 5.06 Å². The molecule has 0 saturated heterocycles. The van der Waals surface area contributed by atoms with Crippen LogP contribution in [0.4, 0.5) is 13.2 Å². The van der Waals surface area contributed by atoms with E-state index >= 15 is 0 Å². The van der Waals surface area contributed by atoms with Gasteiger partial charge < -0.3 is 9.72 Å². The van der Waals surface area contributed by atoms with Crippen molar-refractivity contribution in [2.45, 2.75) is 6.36 Å². The van der Waals surface area contributed by atoms with Gasteiger partial charge in [-0.1, -0.05) is 0 Å². The molecule has 0 radical (unpaired) electrons. The molecule has 20 heavy (non-hydrogen) atoms. The molecule has 2 rings (SSSR count). The van der Waals surface area contributed by atoms with Crippen molar-refractivity contribution in [2.75, 3.05) is 14.2 Å². The minimum absolute atomic E-state index is 0.202. The predicted octanol–water partition coefficient (Wildman–Crippen LogP) is 2.70. The van der Waals surface area contributed by atoms with E-state index in [0.29, 0.717) is 10.9 Å². The molecule has 1 aromatic heterocycles. The summed E-state index contributed by atoms with van der Waals surface area (Å²) in [6.45, 7) is 0. The van der Waals surface area contributed by atoms with Crippen molar-refractivity contribution in [2.24, 2.45) is 0 Å². The summed E-state index contributed by atoms with van der Waals surface area (Å²) in [7, 11) is 2.75. The molecule has 0 unspecified atom stereocenters. The lowest BCUT2D eigenvalue weighted by atomic mass is 10.2. The van der Waals surface area contributed by atoms with Gasteiger partial charge in [-0.2, -0.15) is 0 Å². The van der Waals surface area contributed by atoms with Crippen molar-refractivity contribution in [3.05, 3.63) is 30.0 Å². The maximum absolute atomic E-state index is 12.1. The zero-order valence-corrected chi connectivity index (χ0v) is 10.6. The monoisotopic (exact) mass is 288 g/mol. The summed E-state index contributed by atoms with van der Waals surface area (Å²) >= 11 is 0. The topological polar surface area (TPSA) is 54.6 Å². The van der Waals surface area contributed by atoms with E-state index < -0.39 is 12.3 Å². The molecule has 0 aliphatic rings. The summed E-state index contributed by atoms with van der Waals surface area (Å²) in [5.74, 6) is -0.787. The number of hydrogen-bond donors (Lipinski definition) is 1. The van der Waals surface area contributed by atoms with E-state index in [-0.39, 0.29) is 11.4 Å². The van der Waals surface area contributed by atoms with E-state index in [1.54, 1.807) is 0 Å². The predicted molar refractivity (Wildman–Crippen MR) is 64.1 cm³/mol. The first kappa shape index (κ1) is 14.2. The van der Waals surface area contributed by atoms with Gasteiger partial charge in [-0.05, 0) is 24.3 Å². The van der Waals surface area contributed by atoms with Crippen LogP contribution in [0.25, 0.3) is 10.9 Å². The fraction of sp³-hybridized carbons (Fsp3) is 0.250. The van der Waals surface area contributed by atoms with E-state index in [1.807, 2.05) is 0 Å². The van der Waals surface area contributed by atoms with Gasteiger partial charge in [0, 0.05) is 18.0 Å². The van der Waals surface area contributed by atoms with E-state index in [9.17, 15) is 18.0 Å². The van der Waals surface area contributed by atoms with Gasteiger partial charge in [0.05, 0.1) is 7.11 Å². The van der Waals surface area contributed by atoms with Crippen molar-refractivity contribution >= 4 is 16.8 Å². The summed E-state index contributed by atoms with van der Waals surface area (Å²) in [5, 5.41) is 1.43. The largest absolute Gasteiger partial charge is 0.573 e. The Hall–Kier alpha value is -2.22. The van der Waals surface area contributed by atoms with Crippen LogP contribution in [0, 0.1) is 0 Å². The third-order valence-electron chi connectivity index (χ3n) is 2.62. The molecule has 5 nitrogen and oxygen atoms in total. The zero-order valence-electron chi connectivity index (χ0n) is 10.6. The number of H-pyrrole nitrogens is 1. The van der Waals surface area contributed by atoms with Crippen molar-refractivity contribution in [3.8, 4) is 5.75 Å². The van der Waals surface area contributed by atoms with Crippen molar-refractivity contribution < 1.29 is 27.5 Å². The average Bonchev–Trinajstić information content (AvgIpc) is 2.77. The first-order chi connectivity index (χ1) is 9.30. The number of alkyl halides is 3. The van der Waals surface area contributed by atoms with E-state index in [2.05, 4.69) is 9.72 Å². The molecule has 2 aromatic rings. The van der Waals surface area contributed by atoms with Gasteiger partial charge >= 0.3 is 6.36 Å². The first-order valence-corrected chi connectivity index (χ1v) is 5.51. The van der Waals surface area contributed by atoms with Crippen LogP contribution >= 0.6 is 0 Å². The molecule has 0 saturated carbocycles. The molecule has 1 heterocycles. The normalized spacial score (nSPS) is 11.7. The van der Waals surface area contributed by atoms with Crippen molar-refractivity contribution in [3.63, 3.8) is 0 Å². The highest BCUT2D eigenvalue weighted by Crippen LogP contribution is 2.27. The molecule has 108 valence electrons. The third kappa shape index (κ3) is 3.02. The van der Waals surface area contributed by atoms with Crippen LogP contribution in [0.1, 0.15) is 10.5 Å². The number of nitrogens with zero attached hydrogens (tertiary/aromatic N) is 1. The molecule has 0 spiro atoms. The summed E-state index contributed by atoms with van der Waals surface area (Å²) in [6, 6.07) is 5.19. The zero-order chi connectivity index (χ0) is 14.9. The SMILES string of the molecule is CON(C)C(=O)c1cc2cc(OC(F)(F)F)ccc2[nH]1. The molecule has 8 heteroatoms. The number of fused-ring (bicyclic) bond motifs is 1. The number of carbonyl (C=O) groups excluding carboxylic acids is 1. The van der Waals surface area contributed by atoms with E-state index in [0.717, 1.165) is 5.06 Å². The number of amides is 1. The van der Waals surface area contributed by atoms with E-state index in [4.69, 9.17) is 4.84 Å². The molecule has 1 N–H and O–H groups in total. The number of benzene rings is 1. The van der Waals surface area contributed by atoms with Gasteiger partial charge in [0.2, 0.25) is 0 Å². The Bertz CT molecular complexity index is 636. The highest BCUT2D eigenvalue weighted by Gasteiger charge is 2.31.